The lowest BCUT2D eigenvalue weighted by atomic mass is 10.1. The van der Waals surface area contributed by atoms with E-state index in [1.54, 1.807) is 12.4 Å². The zero-order valence-electron chi connectivity index (χ0n) is 26.1. The van der Waals surface area contributed by atoms with Gasteiger partial charge in [-0.3, -0.25) is 4.98 Å². The molecule has 6 aromatic carbocycles. The largest absolute Gasteiger partial charge is 0.452 e. The van der Waals surface area contributed by atoms with Crippen molar-refractivity contribution in [1.82, 2.24) is 24.1 Å². The fourth-order valence-corrected chi connectivity index (χ4v) is 7.75. The van der Waals surface area contributed by atoms with Crippen LogP contribution in [0.4, 0.5) is 0 Å². The van der Waals surface area contributed by atoms with Gasteiger partial charge in [0.15, 0.2) is 17.0 Å². The highest BCUT2D eigenvalue weighted by Crippen LogP contribution is 2.44. The van der Waals surface area contributed by atoms with Gasteiger partial charge in [-0.05, 0) is 54.6 Å². The Hall–Kier alpha value is -6.79. The van der Waals surface area contributed by atoms with Gasteiger partial charge >= 0.3 is 0 Å². The molecule has 0 aliphatic rings. The first-order chi connectivity index (χ1) is 24.3. The number of rotatable bonds is 3. The minimum Gasteiger partial charge on any atom is -0.452 e. The molecule has 0 fully saturated rings. The molecule has 6 heteroatoms. The number of hydrogen-bond acceptors (Lipinski definition) is 4. The van der Waals surface area contributed by atoms with Crippen molar-refractivity contribution in [3.63, 3.8) is 0 Å². The molecule has 0 amide bonds. The van der Waals surface area contributed by atoms with Crippen LogP contribution in [0, 0.1) is 0 Å². The Labute approximate surface area is 279 Å². The number of benzene rings is 6. The molecule has 11 aromatic rings. The summed E-state index contributed by atoms with van der Waals surface area (Å²) in [6.45, 7) is 0. The number of fused-ring (bicyclic) bond motifs is 10. The van der Waals surface area contributed by atoms with E-state index in [-0.39, 0.29) is 0 Å². The highest BCUT2D eigenvalue weighted by atomic mass is 16.3. The topological polar surface area (TPSA) is 61.7 Å². The molecule has 0 saturated carbocycles. The standard InChI is InChI=1S/C43H25N5O/c1-5-17-35-26(11-1)27-12-2-6-18-36(27)47(35)39-21-9-15-30-31-22-23-32(43-45-25-34-33(46-43)16-10-24-44-34)40(42(31)49-41(30)39)48-37-19-7-3-13-28(37)29-14-4-8-20-38(29)48/h1-25H. The average molecular weight is 628 g/mol. The van der Waals surface area contributed by atoms with Crippen LogP contribution < -0.4 is 0 Å². The lowest BCUT2D eigenvalue weighted by Crippen LogP contribution is -2.00. The third-order valence-corrected chi connectivity index (χ3v) is 9.84. The van der Waals surface area contributed by atoms with Crippen molar-refractivity contribution in [1.29, 1.82) is 0 Å². The first kappa shape index (κ1) is 26.3. The van der Waals surface area contributed by atoms with Gasteiger partial charge in [0, 0.05) is 44.1 Å². The Morgan fingerprint density at radius 3 is 1.65 bits per heavy atom. The van der Waals surface area contributed by atoms with Crippen molar-refractivity contribution >= 4 is 76.6 Å². The monoisotopic (exact) mass is 627 g/mol. The molecule has 0 aliphatic heterocycles. The van der Waals surface area contributed by atoms with E-state index in [0.717, 1.165) is 72.0 Å². The second-order valence-corrected chi connectivity index (χ2v) is 12.4. The van der Waals surface area contributed by atoms with Gasteiger partial charge in [-0.1, -0.05) is 84.9 Å². The zero-order chi connectivity index (χ0) is 32.1. The van der Waals surface area contributed by atoms with Gasteiger partial charge in [0.2, 0.25) is 0 Å². The predicted octanol–water partition coefficient (Wildman–Crippen LogP) is 10.8. The molecular formula is C43H25N5O. The Bertz CT molecular complexity index is 3020. The Morgan fingerprint density at radius 1 is 0.429 bits per heavy atom. The lowest BCUT2D eigenvalue weighted by molar-refractivity contribution is 0.664. The van der Waals surface area contributed by atoms with Crippen molar-refractivity contribution in [3.8, 4) is 22.8 Å². The first-order valence-corrected chi connectivity index (χ1v) is 16.4. The molecule has 0 N–H and O–H groups in total. The molecular weight excluding hydrogens is 603 g/mol. The van der Waals surface area contributed by atoms with Crippen LogP contribution in [0.1, 0.15) is 0 Å². The number of pyridine rings is 1. The van der Waals surface area contributed by atoms with Crippen LogP contribution in [-0.4, -0.2) is 24.1 Å². The summed E-state index contributed by atoms with van der Waals surface area (Å²) in [6, 6.07) is 48.9. The van der Waals surface area contributed by atoms with E-state index in [1.165, 1.54) is 21.5 Å². The maximum Gasteiger partial charge on any atom is 0.162 e. The summed E-state index contributed by atoms with van der Waals surface area (Å²) in [5.74, 6) is 0.613. The number of aromatic nitrogens is 5. The van der Waals surface area contributed by atoms with Gasteiger partial charge in [-0.2, -0.15) is 0 Å². The molecule has 6 nitrogen and oxygen atoms in total. The van der Waals surface area contributed by atoms with Gasteiger partial charge < -0.3 is 13.6 Å². The van der Waals surface area contributed by atoms with Gasteiger partial charge in [0.25, 0.3) is 0 Å². The Morgan fingerprint density at radius 2 is 1.00 bits per heavy atom. The molecule has 11 rings (SSSR count). The molecule has 0 radical (unpaired) electrons. The predicted molar refractivity (Wildman–Crippen MR) is 199 cm³/mol. The van der Waals surface area contributed by atoms with Crippen LogP contribution >= 0.6 is 0 Å². The van der Waals surface area contributed by atoms with E-state index in [2.05, 4.69) is 142 Å². The van der Waals surface area contributed by atoms with Crippen LogP contribution in [0.15, 0.2) is 156 Å². The minimum atomic E-state index is 0.613. The van der Waals surface area contributed by atoms with Crippen LogP contribution in [0.25, 0.3) is 99.3 Å². The van der Waals surface area contributed by atoms with Gasteiger partial charge in [0.1, 0.15) is 11.2 Å². The molecule has 0 aliphatic carbocycles. The molecule has 5 heterocycles. The van der Waals surface area contributed by atoms with E-state index in [4.69, 9.17) is 14.4 Å². The van der Waals surface area contributed by atoms with Crippen molar-refractivity contribution in [3.05, 3.63) is 152 Å². The highest BCUT2D eigenvalue weighted by molar-refractivity contribution is 6.16. The normalized spacial score (nSPS) is 12.1. The summed E-state index contributed by atoms with van der Waals surface area (Å²) in [6.07, 6.45) is 3.57. The van der Waals surface area contributed by atoms with Gasteiger partial charge in [-0.15, -0.1) is 0 Å². The minimum absolute atomic E-state index is 0.613. The number of para-hydroxylation sites is 5. The van der Waals surface area contributed by atoms with Crippen LogP contribution in [0.3, 0.4) is 0 Å². The van der Waals surface area contributed by atoms with Crippen LogP contribution in [0.5, 0.6) is 0 Å². The Balaban J connectivity index is 1.30. The summed E-state index contributed by atoms with van der Waals surface area (Å²) in [5, 5.41) is 6.84. The molecule has 0 spiro atoms. The van der Waals surface area contributed by atoms with Crippen molar-refractivity contribution in [2.75, 3.05) is 0 Å². The summed E-state index contributed by atoms with van der Waals surface area (Å²) < 4.78 is 11.8. The smallest absolute Gasteiger partial charge is 0.162 e. The lowest BCUT2D eigenvalue weighted by Gasteiger charge is -2.14. The molecule has 0 atom stereocenters. The molecule has 228 valence electrons. The van der Waals surface area contributed by atoms with E-state index < -0.39 is 0 Å². The molecule has 0 saturated heterocycles. The van der Waals surface area contributed by atoms with Crippen molar-refractivity contribution < 1.29 is 4.42 Å². The van der Waals surface area contributed by atoms with Gasteiger partial charge in [-0.25, -0.2) is 9.97 Å². The summed E-state index contributed by atoms with van der Waals surface area (Å²) in [4.78, 5) is 14.4. The fraction of sp³-hybridized carbons (Fsp3) is 0. The van der Waals surface area contributed by atoms with Crippen LogP contribution in [0.2, 0.25) is 0 Å². The maximum atomic E-state index is 7.20. The summed E-state index contributed by atoms with van der Waals surface area (Å²) in [5.41, 5.74) is 10.4. The third-order valence-electron chi connectivity index (χ3n) is 9.84. The van der Waals surface area contributed by atoms with E-state index in [1.807, 2.05) is 12.1 Å². The van der Waals surface area contributed by atoms with Crippen molar-refractivity contribution in [2.45, 2.75) is 0 Å². The molecule has 5 aromatic heterocycles. The van der Waals surface area contributed by atoms with Crippen LogP contribution in [-0.2, 0) is 0 Å². The summed E-state index contributed by atoms with van der Waals surface area (Å²) in [7, 11) is 0. The fourth-order valence-electron chi connectivity index (χ4n) is 7.75. The SMILES string of the molecule is c1cnc2cnc(-c3ccc4c(oc5c(-n6c7ccccc7c7ccccc76)cccc54)c3-n3c4ccccc4c4ccccc43)nc2c1. The quantitative estimate of drug-likeness (QED) is 0.196. The third kappa shape index (κ3) is 3.62. The van der Waals surface area contributed by atoms with E-state index >= 15 is 0 Å². The maximum absolute atomic E-state index is 7.20. The van der Waals surface area contributed by atoms with E-state index in [9.17, 15) is 0 Å². The highest BCUT2D eigenvalue weighted by Gasteiger charge is 2.24. The number of nitrogens with zero attached hydrogens (tertiary/aromatic N) is 5. The average Bonchev–Trinajstić information content (AvgIpc) is 3.82. The Kier molecular flexibility index (Phi) is 5.29. The van der Waals surface area contributed by atoms with Gasteiger partial charge in [0.05, 0.1) is 39.5 Å². The molecule has 0 unspecified atom stereocenters. The first-order valence-electron chi connectivity index (χ1n) is 16.4. The molecule has 49 heavy (non-hydrogen) atoms. The number of furan rings is 1. The second-order valence-electron chi connectivity index (χ2n) is 12.4. The molecule has 0 bridgehead atoms. The zero-order valence-corrected chi connectivity index (χ0v) is 26.1. The summed E-state index contributed by atoms with van der Waals surface area (Å²) >= 11 is 0. The van der Waals surface area contributed by atoms with E-state index in [0.29, 0.717) is 5.82 Å². The number of hydrogen-bond donors (Lipinski definition) is 0. The van der Waals surface area contributed by atoms with Crippen molar-refractivity contribution in [2.24, 2.45) is 0 Å². The second kappa shape index (κ2) is 9.86.